The molecule has 0 spiro atoms. The van der Waals surface area contributed by atoms with Gasteiger partial charge < -0.3 is 9.88 Å². The highest BCUT2D eigenvalue weighted by Crippen LogP contribution is 2.42. The molecule has 2 fully saturated rings. The molecule has 3 rings (SSSR count). The third kappa shape index (κ3) is 1.68. The summed E-state index contributed by atoms with van der Waals surface area (Å²) < 4.78 is 1.85. The van der Waals surface area contributed by atoms with Gasteiger partial charge in [0.2, 0.25) is 0 Å². The highest BCUT2D eigenvalue weighted by molar-refractivity contribution is 6.07. The number of hydrogen-bond acceptors (Lipinski definition) is 3. The molecular weight excluding hydrogens is 232 g/mol. The molecule has 2 heterocycles. The van der Waals surface area contributed by atoms with E-state index in [1.54, 1.807) is 12.5 Å². The smallest absolute Gasteiger partial charge is 0.325 e. The van der Waals surface area contributed by atoms with Gasteiger partial charge in [-0.2, -0.15) is 0 Å². The van der Waals surface area contributed by atoms with Gasteiger partial charge in [-0.1, -0.05) is 0 Å². The molecular formula is C12H16N4O2. The lowest BCUT2D eigenvalue weighted by atomic mass is 9.96. The summed E-state index contributed by atoms with van der Waals surface area (Å²) in [6, 6.07) is -0.269. The van der Waals surface area contributed by atoms with Crippen molar-refractivity contribution in [1.29, 1.82) is 0 Å². The molecule has 2 aliphatic rings. The van der Waals surface area contributed by atoms with Gasteiger partial charge in [0.15, 0.2) is 0 Å². The van der Waals surface area contributed by atoms with Crippen molar-refractivity contribution < 1.29 is 9.59 Å². The molecule has 0 bridgehead atoms. The zero-order valence-electron chi connectivity index (χ0n) is 10.3. The topological polar surface area (TPSA) is 67.2 Å². The van der Waals surface area contributed by atoms with E-state index in [4.69, 9.17) is 0 Å². The largest absolute Gasteiger partial charge is 0.336 e. The van der Waals surface area contributed by atoms with Crippen LogP contribution in [0.5, 0.6) is 0 Å². The van der Waals surface area contributed by atoms with E-state index >= 15 is 0 Å². The number of amides is 3. The minimum absolute atomic E-state index is 0.0879. The van der Waals surface area contributed by atoms with E-state index in [2.05, 4.69) is 10.3 Å². The van der Waals surface area contributed by atoms with Crippen LogP contribution in [-0.2, 0) is 11.3 Å². The maximum atomic E-state index is 12.3. The number of nitrogens with zero attached hydrogens (tertiary/aromatic N) is 3. The summed E-state index contributed by atoms with van der Waals surface area (Å²) in [6.45, 7) is 2.81. The minimum atomic E-state index is -0.675. The molecule has 1 atom stereocenters. The fraction of sp³-hybridized carbons (Fsp3) is 0.583. The van der Waals surface area contributed by atoms with Crippen LogP contribution in [0, 0.1) is 5.92 Å². The van der Waals surface area contributed by atoms with Crippen molar-refractivity contribution in [2.75, 3.05) is 6.54 Å². The van der Waals surface area contributed by atoms with Gasteiger partial charge in [0, 0.05) is 25.5 Å². The number of aromatic nitrogens is 2. The van der Waals surface area contributed by atoms with E-state index in [-0.39, 0.29) is 11.9 Å². The Hall–Kier alpha value is -1.85. The van der Waals surface area contributed by atoms with Gasteiger partial charge in [-0.05, 0) is 25.7 Å². The van der Waals surface area contributed by atoms with Crippen LogP contribution < -0.4 is 5.32 Å². The molecule has 0 radical (unpaired) electrons. The second-order valence-corrected chi connectivity index (χ2v) is 5.16. The van der Waals surface area contributed by atoms with E-state index in [9.17, 15) is 9.59 Å². The Morgan fingerprint density at radius 3 is 2.83 bits per heavy atom. The standard InChI is InChI=1S/C12H16N4O2/c1-12(9-2-3-9)10(17)16(11(18)14-12)7-6-15-5-4-13-8-15/h4-5,8-9H,2-3,6-7H2,1H3,(H,14,18). The molecule has 1 unspecified atom stereocenters. The molecule has 3 amide bonds. The lowest BCUT2D eigenvalue weighted by molar-refractivity contribution is -0.131. The number of imidazole rings is 1. The molecule has 1 aliphatic carbocycles. The second kappa shape index (κ2) is 3.83. The van der Waals surface area contributed by atoms with Crippen molar-refractivity contribution in [2.45, 2.75) is 31.8 Å². The average Bonchev–Trinajstić information content (AvgIpc) is 3.03. The number of hydrogen-bond donors (Lipinski definition) is 1. The SMILES string of the molecule is CC1(C2CC2)NC(=O)N(CCn2ccnc2)C1=O. The summed E-state index contributed by atoms with van der Waals surface area (Å²) in [5.74, 6) is 0.224. The second-order valence-electron chi connectivity index (χ2n) is 5.16. The molecule has 0 aromatic carbocycles. The predicted molar refractivity (Wildman–Crippen MR) is 63.6 cm³/mol. The van der Waals surface area contributed by atoms with Crippen LogP contribution >= 0.6 is 0 Å². The first kappa shape index (κ1) is 11.3. The average molecular weight is 248 g/mol. The van der Waals surface area contributed by atoms with Crippen LogP contribution in [0.25, 0.3) is 0 Å². The van der Waals surface area contributed by atoms with E-state index in [1.165, 1.54) is 4.90 Å². The Balaban J connectivity index is 1.69. The van der Waals surface area contributed by atoms with Gasteiger partial charge >= 0.3 is 6.03 Å². The molecule has 96 valence electrons. The molecule has 1 aromatic rings. The van der Waals surface area contributed by atoms with Gasteiger partial charge in [0.1, 0.15) is 5.54 Å². The zero-order chi connectivity index (χ0) is 12.8. The Labute approximate surface area is 105 Å². The van der Waals surface area contributed by atoms with Crippen molar-refractivity contribution in [3.05, 3.63) is 18.7 Å². The first-order valence-electron chi connectivity index (χ1n) is 6.21. The summed E-state index contributed by atoms with van der Waals surface area (Å²) in [5, 5.41) is 2.83. The van der Waals surface area contributed by atoms with Crippen LogP contribution in [-0.4, -0.2) is 38.5 Å². The van der Waals surface area contributed by atoms with Gasteiger partial charge in [0.05, 0.1) is 6.33 Å². The minimum Gasteiger partial charge on any atom is -0.336 e. The predicted octanol–water partition coefficient (Wildman–Crippen LogP) is 0.604. The highest BCUT2D eigenvalue weighted by atomic mass is 16.2. The number of carbonyl (C=O) groups is 2. The Morgan fingerprint density at radius 2 is 2.22 bits per heavy atom. The molecule has 18 heavy (non-hydrogen) atoms. The fourth-order valence-corrected chi connectivity index (χ4v) is 2.49. The number of urea groups is 1. The van der Waals surface area contributed by atoms with Crippen molar-refractivity contribution in [2.24, 2.45) is 5.92 Å². The molecule has 1 saturated heterocycles. The van der Waals surface area contributed by atoms with Gasteiger partial charge in [-0.3, -0.25) is 9.69 Å². The van der Waals surface area contributed by atoms with E-state index in [1.807, 2.05) is 17.7 Å². The van der Waals surface area contributed by atoms with Crippen LogP contribution in [0.1, 0.15) is 19.8 Å². The Kier molecular flexibility index (Phi) is 2.39. The monoisotopic (exact) mass is 248 g/mol. The van der Waals surface area contributed by atoms with Crippen molar-refractivity contribution in [3.63, 3.8) is 0 Å². The number of carbonyl (C=O) groups excluding carboxylic acids is 2. The highest BCUT2D eigenvalue weighted by Gasteiger charge is 2.55. The van der Waals surface area contributed by atoms with E-state index < -0.39 is 5.54 Å². The number of imide groups is 1. The van der Waals surface area contributed by atoms with Crippen LogP contribution in [0.4, 0.5) is 4.79 Å². The Bertz CT molecular complexity index is 480. The number of nitrogens with one attached hydrogen (secondary N) is 1. The molecule has 1 aliphatic heterocycles. The van der Waals surface area contributed by atoms with Gasteiger partial charge in [-0.25, -0.2) is 9.78 Å². The van der Waals surface area contributed by atoms with Crippen LogP contribution in [0.15, 0.2) is 18.7 Å². The summed E-state index contributed by atoms with van der Waals surface area (Å²) in [4.78, 5) is 29.4. The van der Waals surface area contributed by atoms with E-state index in [0.29, 0.717) is 19.0 Å². The normalized spacial score (nSPS) is 27.7. The van der Waals surface area contributed by atoms with Crippen molar-refractivity contribution >= 4 is 11.9 Å². The maximum Gasteiger partial charge on any atom is 0.325 e. The zero-order valence-corrected chi connectivity index (χ0v) is 10.3. The van der Waals surface area contributed by atoms with Crippen LogP contribution in [0.3, 0.4) is 0 Å². The first-order chi connectivity index (χ1) is 8.61. The third-order valence-corrected chi connectivity index (χ3v) is 3.84. The van der Waals surface area contributed by atoms with Crippen molar-refractivity contribution in [1.82, 2.24) is 19.8 Å². The molecule has 6 nitrogen and oxygen atoms in total. The summed E-state index contributed by atoms with van der Waals surface area (Å²) in [7, 11) is 0. The number of rotatable bonds is 4. The maximum absolute atomic E-state index is 12.3. The third-order valence-electron chi connectivity index (χ3n) is 3.84. The molecule has 1 saturated carbocycles. The first-order valence-corrected chi connectivity index (χ1v) is 6.21. The van der Waals surface area contributed by atoms with Crippen LogP contribution in [0.2, 0.25) is 0 Å². The Morgan fingerprint density at radius 1 is 1.44 bits per heavy atom. The lowest BCUT2D eigenvalue weighted by Crippen LogP contribution is -2.46. The molecule has 6 heteroatoms. The molecule has 1 aromatic heterocycles. The van der Waals surface area contributed by atoms with E-state index in [0.717, 1.165) is 12.8 Å². The van der Waals surface area contributed by atoms with Gasteiger partial charge in [-0.15, -0.1) is 0 Å². The quantitative estimate of drug-likeness (QED) is 0.794. The van der Waals surface area contributed by atoms with Crippen molar-refractivity contribution in [3.8, 4) is 0 Å². The summed E-state index contributed by atoms with van der Waals surface area (Å²) in [5.41, 5.74) is -0.675. The van der Waals surface area contributed by atoms with Gasteiger partial charge in [0.25, 0.3) is 5.91 Å². The molecule has 1 N–H and O–H groups in total. The summed E-state index contributed by atoms with van der Waals surface area (Å²) >= 11 is 0. The lowest BCUT2D eigenvalue weighted by Gasteiger charge is -2.20. The summed E-state index contributed by atoms with van der Waals surface area (Å²) in [6.07, 6.45) is 7.23. The fourth-order valence-electron chi connectivity index (χ4n) is 2.49.